The van der Waals surface area contributed by atoms with Crippen molar-refractivity contribution >= 4 is 17.5 Å². The van der Waals surface area contributed by atoms with E-state index in [-0.39, 0.29) is 24.3 Å². The number of aryl methyl sites for hydroxylation is 1. The van der Waals surface area contributed by atoms with Crippen LogP contribution in [0.3, 0.4) is 0 Å². The van der Waals surface area contributed by atoms with E-state index >= 15 is 0 Å². The fraction of sp³-hybridized carbons (Fsp3) is 0.462. The smallest absolute Gasteiger partial charge is 0.243 e. The van der Waals surface area contributed by atoms with Crippen molar-refractivity contribution in [2.45, 2.75) is 26.8 Å². The van der Waals surface area contributed by atoms with E-state index in [1.165, 1.54) is 0 Å². The Morgan fingerprint density at radius 3 is 2.58 bits per heavy atom. The van der Waals surface area contributed by atoms with Crippen molar-refractivity contribution in [2.24, 2.45) is 11.7 Å². The summed E-state index contributed by atoms with van der Waals surface area (Å²) in [6.45, 7) is 5.46. The lowest BCUT2D eigenvalue weighted by Gasteiger charge is -2.15. The van der Waals surface area contributed by atoms with Crippen LogP contribution in [0.1, 0.15) is 19.5 Å². The molecule has 0 aromatic carbocycles. The second-order valence-electron chi connectivity index (χ2n) is 4.72. The first-order chi connectivity index (χ1) is 8.90. The van der Waals surface area contributed by atoms with Gasteiger partial charge >= 0.3 is 0 Å². The van der Waals surface area contributed by atoms with Crippen LogP contribution in [0.5, 0.6) is 0 Å². The van der Waals surface area contributed by atoms with E-state index in [1.807, 2.05) is 20.8 Å². The molecule has 104 valence electrons. The molecule has 0 bridgehead atoms. The fourth-order valence-electron chi connectivity index (χ4n) is 1.33. The number of anilines is 1. The molecule has 0 fully saturated rings. The highest BCUT2D eigenvalue weighted by molar-refractivity contribution is 5.95. The highest BCUT2D eigenvalue weighted by Gasteiger charge is 2.17. The lowest BCUT2D eigenvalue weighted by molar-refractivity contribution is -0.125. The zero-order chi connectivity index (χ0) is 14.4. The number of aromatic nitrogens is 1. The van der Waals surface area contributed by atoms with E-state index in [0.717, 1.165) is 5.69 Å². The molecule has 0 saturated heterocycles. The molecule has 2 amide bonds. The standard InChI is InChI=1S/C13H20N4O2/c1-8(2)12(14)13(19)16-7-11(18)17-10-5-4-9(3)15-6-10/h4-6,8,12H,7,14H2,1-3H3,(H,16,19)(H,17,18)/t12-/m0/s1. The minimum Gasteiger partial charge on any atom is -0.346 e. The summed E-state index contributed by atoms with van der Waals surface area (Å²) in [5, 5.41) is 5.13. The van der Waals surface area contributed by atoms with Gasteiger partial charge < -0.3 is 16.4 Å². The van der Waals surface area contributed by atoms with Crippen LogP contribution >= 0.6 is 0 Å². The van der Waals surface area contributed by atoms with Gasteiger partial charge in [0.15, 0.2) is 0 Å². The Kier molecular flexibility index (Phi) is 5.44. The van der Waals surface area contributed by atoms with E-state index in [0.29, 0.717) is 5.69 Å². The van der Waals surface area contributed by atoms with Gasteiger partial charge in [0.25, 0.3) is 0 Å². The first-order valence-electron chi connectivity index (χ1n) is 6.16. The van der Waals surface area contributed by atoms with Crippen LogP contribution in [-0.2, 0) is 9.59 Å². The Labute approximate surface area is 112 Å². The lowest BCUT2D eigenvalue weighted by Crippen LogP contribution is -2.46. The molecular formula is C13H20N4O2. The molecule has 19 heavy (non-hydrogen) atoms. The third kappa shape index (κ3) is 5.05. The van der Waals surface area contributed by atoms with Gasteiger partial charge in [-0.2, -0.15) is 0 Å². The van der Waals surface area contributed by atoms with Gasteiger partial charge in [0.2, 0.25) is 11.8 Å². The van der Waals surface area contributed by atoms with Crippen molar-refractivity contribution in [3.8, 4) is 0 Å². The Morgan fingerprint density at radius 2 is 2.05 bits per heavy atom. The van der Waals surface area contributed by atoms with Gasteiger partial charge in [-0.25, -0.2) is 0 Å². The number of hydrogen-bond acceptors (Lipinski definition) is 4. The van der Waals surface area contributed by atoms with E-state index in [2.05, 4.69) is 15.6 Å². The van der Waals surface area contributed by atoms with Crippen molar-refractivity contribution < 1.29 is 9.59 Å². The molecule has 0 aliphatic heterocycles. The number of nitrogens with one attached hydrogen (secondary N) is 2. The molecular weight excluding hydrogens is 244 g/mol. The SMILES string of the molecule is Cc1ccc(NC(=O)CNC(=O)[C@@H](N)C(C)C)cn1. The molecule has 1 heterocycles. The summed E-state index contributed by atoms with van der Waals surface area (Å²) in [6, 6.07) is 2.94. The Morgan fingerprint density at radius 1 is 1.37 bits per heavy atom. The van der Waals surface area contributed by atoms with Crippen molar-refractivity contribution in [3.63, 3.8) is 0 Å². The predicted molar refractivity (Wildman–Crippen MR) is 73.4 cm³/mol. The Balaban J connectivity index is 2.40. The maximum atomic E-state index is 11.6. The summed E-state index contributed by atoms with van der Waals surface area (Å²) < 4.78 is 0. The Bertz CT molecular complexity index is 442. The van der Waals surface area contributed by atoms with Crippen LogP contribution < -0.4 is 16.4 Å². The third-order valence-electron chi connectivity index (χ3n) is 2.64. The normalized spacial score (nSPS) is 12.1. The zero-order valence-corrected chi connectivity index (χ0v) is 11.4. The predicted octanol–water partition coefficient (Wildman–Crippen LogP) is 0.428. The monoisotopic (exact) mass is 264 g/mol. The molecule has 0 unspecified atom stereocenters. The minimum absolute atomic E-state index is 0.0318. The number of rotatable bonds is 5. The number of carbonyl (C=O) groups excluding carboxylic acids is 2. The molecule has 1 rings (SSSR count). The lowest BCUT2D eigenvalue weighted by atomic mass is 10.1. The molecule has 0 aliphatic rings. The summed E-state index contributed by atoms with van der Waals surface area (Å²) in [6.07, 6.45) is 1.56. The maximum absolute atomic E-state index is 11.6. The van der Waals surface area contributed by atoms with Crippen LogP contribution in [0.25, 0.3) is 0 Å². The van der Waals surface area contributed by atoms with E-state index in [9.17, 15) is 9.59 Å². The number of pyridine rings is 1. The number of hydrogen-bond donors (Lipinski definition) is 3. The molecule has 1 aromatic heterocycles. The van der Waals surface area contributed by atoms with Crippen LogP contribution in [0.2, 0.25) is 0 Å². The summed E-state index contributed by atoms with van der Waals surface area (Å²) in [7, 11) is 0. The largest absolute Gasteiger partial charge is 0.346 e. The molecule has 1 atom stereocenters. The van der Waals surface area contributed by atoms with Gasteiger partial charge in [-0.15, -0.1) is 0 Å². The first kappa shape index (κ1) is 15.1. The molecule has 0 aliphatic carbocycles. The molecule has 0 saturated carbocycles. The minimum atomic E-state index is -0.603. The number of carbonyl (C=O) groups is 2. The van der Waals surface area contributed by atoms with Crippen LogP contribution in [0.4, 0.5) is 5.69 Å². The number of nitrogens with two attached hydrogens (primary N) is 1. The Hall–Kier alpha value is -1.95. The van der Waals surface area contributed by atoms with Crippen molar-refractivity contribution in [1.29, 1.82) is 0 Å². The third-order valence-corrected chi connectivity index (χ3v) is 2.64. The molecule has 6 heteroatoms. The van der Waals surface area contributed by atoms with Gasteiger partial charge in [-0.05, 0) is 25.0 Å². The number of nitrogens with zero attached hydrogens (tertiary/aromatic N) is 1. The van der Waals surface area contributed by atoms with E-state index < -0.39 is 6.04 Å². The average Bonchev–Trinajstić information content (AvgIpc) is 2.37. The highest BCUT2D eigenvalue weighted by Crippen LogP contribution is 2.04. The number of amides is 2. The topological polar surface area (TPSA) is 97.1 Å². The molecule has 6 nitrogen and oxygen atoms in total. The molecule has 1 aromatic rings. The van der Waals surface area contributed by atoms with Gasteiger partial charge in [0.1, 0.15) is 0 Å². The van der Waals surface area contributed by atoms with Crippen LogP contribution in [0.15, 0.2) is 18.3 Å². The maximum Gasteiger partial charge on any atom is 0.243 e. The van der Waals surface area contributed by atoms with Crippen molar-refractivity contribution in [3.05, 3.63) is 24.0 Å². The molecule has 0 spiro atoms. The second kappa shape index (κ2) is 6.84. The van der Waals surface area contributed by atoms with Gasteiger partial charge in [-0.1, -0.05) is 13.8 Å². The highest BCUT2D eigenvalue weighted by atomic mass is 16.2. The van der Waals surface area contributed by atoms with Crippen LogP contribution in [-0.4, -0.2) is 29.4 Å². The summed E-state index contributed by atoms with van der Waals surface area (Å²) in [4.78, 5) is 27.2. The quantitative estimate of drug-likeness (QED) is 0.718. The first-order valence-corrected chi connectivity index (χ1v) is 6.16. The van der Waals surface area contributed by atoms with Gasteiger partial charge in [0.05, 0.1) is 24.5 Å². The summed E-state index contributed by atoms with van der Waals surface area (Å²) in [5.41, 5.74) is 7.13. The fourth-order valence-corrected chi connectivity index (χ4v) is 1.33. The van der Waals surface area contributed by atoms with Gasteiger partial charge in [0, 0.05) is 5.69 Å². The average molecular weight is 264 g/mol. The van der Waals surface area contributed by atoms with E-state index in [1.54, 1.807) is 18.3 Å². The summed E-state index contributed by atoms with van der Waals surface area (Å²) >= 11 is 0. The van der Waals surface area contributed by atoms with Gasteiger partial charge in [-0.3, -0.25) is 14.6 Å². The van der Waals surface area contributed by atoms with Crippen molar-refractivity contribution in [1.82, 2.24) is 10.3 Å². The van der Waals surface area contributed by atoms with Crippen LogP contribution in [0, 0.1) is 12.8 Å². The summed E-state index contributed by atoms with van der Waals surface area (Å²) in [5.74, 6) is -0.605. The molecule has 4 N–H and O–H groups in total. The zero-order valence-electron chi connectivity index (χ0n) is 11.4. The molecule has 0 radical (unpaired) electrons. The van der Waals surface area contributed by atoms with Crippen molar-refractivity contribution in [2.75, 3.05) is 11.9 Å². The second-order valence-corrected chi connectivity index (χ2v) is 4.72. The van der Waals surface area contributed by atoms with E-state index in [4.69, 9.17) is 5.73 Å².